The molecule has 100 valence electrons. The number of hydrogen-bond donors (Lipinski definition) is 3. The van der Waals surface area contributed by atoms with E-state index in [0.29, 0.717) is 13.1 Å². The van der Waals surface area contributed by atoms with Gasteiger partial charge in [-0.2, -0.15) is 0 Å². The third-order valence-electron chi connectivity index (χ3n) is 3.24. The molecule has 2 heterocycles. The summed E-state index contributed by atoms with van der Waals surface area (Å²) in [5.41, 5.74) is 4.61. The lowest BCUT2D eigenvalue weighted by Crippen LogP contribution is -2.51. The van der Waals surface area contributed by atoms with Crippen LogP contribution in [0.15, 0.2) is 9.59 Å². The molecule has 2 unspecified atom stereocenters. The maximum Gasteiger partial charge on any atom is 0.342 e. The van der Waals surface area contributed by atoms with E-state index in [1.54, 1.807) is 7.11 Å². The molecule has 0 aromatic carbocycles. The van der Waals surface area contributed by atoms with Gasteiger partial charge >= 0.3 is 5.69 Å². The molecule has 8 nitrogen and oxygen atoms in total. The number of nitrogens with zero attached hydrogens (tertiary/aromatic N) is 2. The zero-order chi connectivity index (χ0) is 13.1. The molecule has 1 aliphatic rings. The molecule has 1 aromatic heterocycles. The normalized spacial score (nSPS) is 24.2. The van der Waals surface area contributed by atoms with E-state index < -0.39 is 11.2 Å². The van der Waals surface area contributed by atoms with Crippen LogP contribution in [-0.4, -0.2) is 47.5 Å². The summed E-state index contributed by atoms with van der Waals surface area (Å²) in [6, 6.07) is -0.0109. The topological polar surface area (TPSA) is 117 Å². The van der Waals surface area contributed by atoms with Crippen LogP contribution in [0.2, 0.25) is 0 Å². The average Bonchev–Trinajstić information content (AvgIpc) is 2.38. The van der Waals surface area contributed by atoms with Crippen LogP contribution < -0.4 is 21.9 Å². The summed E-state index contributed by atoms with van der Waals surface area (Å²) in [4.78, 5) is 26.6. The third kappa shape index (κ3) is 2.44. The Hall–Kier alpha value is -1.67. The minimum Gasteiger partial charge on any atom is -0.381 e. The minimum atomic E-state index is -0.611. The number of rotatable bonds is 3. The monoisotopic (exact) mass is 255 g/mol. The van der Waals surface area contributed by atoms with Crippen molar-refractivity contribution < 1.29 is 4.74 Å². The number of hydrogen-bond acceptors (Lipinski definition) is 6. The van der Waals surface area contributed by atoms with Gasteiger partial charge in [-0.05, 0) is 12.8 Å². The van der Waals surface area contributed by atoms with Gasteiger partial charge in [0.05, 0.1) is 6.10 Å². The van der Waals surface area contributed by atoms with Gasteiger partial charge in [-0.1, -0.05) is 0 Å². The van der Waals surface area contributed by atoms with E-state index in [2.05, 4.69) is 15.2 Å². The first kappa shape index (κ1) is 12.8. The summed E-state index contributed by atoms with van der Waals surface area (Å²) in [6.07, 6.45) is 1.69. The van der Waals surface area contributed by atoms with Crippen molar-refractivity contribution >= 4 is 5.82 Å². The second-order valence-corrected chi connectivity index (χ2v) is 4.30. The Balaban J connectivity index is 2.26. The van der Waals surface area contributed by atoms with Gasteiger partial charge in [0, 0.05) is 26.2 Å². The van der Waals surface area contributed by atoms with Crippen molar-refractivity contribution in [2.24, 2.45) is 5.73 Å². The van der Waals surface area contributed by atoms with E-state index in [0.717, 1.165) is 12.8 Å². The van der Waals surface area contributed by atoms with Gasteiger partial charge in [0.1, 0.15) is 0 Å². The minimum absolute atomic E-state index is 0.0109. The summed E-state index contributed by atoms with van der Waals surface area (Å²) in [6.45, 7) is 1.03. The molecule has 0 saturated carbocycles. The number of nitrogens with one attached hydrogen (secondary N) is 2. The van der Waals surface area contributed by atoms with E-state index in [4.69, 9.17) is 10.5 Å². The van der Waals surface area contributed by atoms with Gasteiger partial charge in [-0.15, -0.1) is 5.10 Å². The Morgan fingerprint density at radius 2 is 2.33 bits per heavy atom. The highest BCUT2D eigenvalue weighted by atomic mass is 16.5. The number of methoxy groups -OCH3 is 1. The molecule has 8 heteroatoms. The Labute approximate surface area is 103 Å². The fraction of sp³-hybridized carbons (Fsp3) is 0.700. The summed E-state index contributed by atoms with van der Waals surface area (Å²) >= 11 is 0. The second-order valence-electron chi connectivity index (χ2n) is 4.30. The smallest absolute Gasteiger partial charge is 0.342 e. The second kappa shape index (κ2) is 5.32. The summed E-state index contributed by atoms with van der Waals surface area (Å²) in [5, 5.41) is 6.03. The summed E-state index contributed by atoms with van der Waals surface area (Å²) in [5.74, 6) is 0.208. The number of anilines is 1. The maximum absolute atomic E-state index is 11.7. The first-order chi connectivity index (χ1) is 8.65. The molecular formula is C10H17N5O3. The van der Waals surface area contributed by atoms with Crippen molar-refractivity contribution in [2.45, 2.75) is 25.0 Å². The van der Waals surface area contributed by atoms with E-state index in [9.17, 15) is 9.59 Å². The Bertz CT molecular complexity index is 511. The lowest BCUT2D eigenvalue weighted by atomic mass is 9.99. The lowest BCUT2D eigenvalue weighted by Gasteiger charge is -2.38. The average molecular weight is 255 g/mol. The third-order valence-corrected chi connectivity index (χ3v) is 3.24. The van der Waals surface area contributed by atoms with E-state index in [1.165, 1.54) is 0 Å². The van der Waals surface area contributed by atoms with E-state index in [-0.39, 0.29) is 18.0 Å². The predicted molar refractivity (Wildman–Crippen MR) is 65.7 cm³/mol. The highest BCUT2D eigenvalue weighted by Crippen LogP contribution is 2.21. The van der Waals surface area contributed by atoms with Crippen LogP contribution in [0.5, 0.6) is 0 Å². The van der Waals surface area contributed by atoms with Gasteiger partial charge in [-0.25, -0.2) is 9.89 Å². The van der Waals surface area contributed by atoms with Crippen molar-refractivity contribution in [3.05, 3.63) is 20.8 Å². The summed E-state index contributed by atoms with van der Waals surface area (Å²) < 4.78 is 5.31. The zero-order valence-electron chi connectivity index (χ0n) is 10.2. The number of nitrogens with two attached hydrogens (primary N) is 1. The Morgan fingerprint density at radius 1 is 1.56 bits per heavy atom. The molecule has 1 aliphatic heterocycles. The molecule has 0 amide bonds. The number of aromatic nitrogens is 3. The van der Waals surface area contributed by atoms with Crippen molar-refractivity contribution in [1.29, 1.82) is 0 Å². The SMILES string of the molecule is COC1CCN(c2n[nH]c(=O)[nH]c2=O)C(CN)C1. The predicted octanol–water partition coefficient (Wildman–Crippen LogP) is -1.60. The van der Waals surface area contributed by atoms with Gasteiger partial charge in [-0.3, -0.25) is 9.78 Å². The molecular weight excluding hydrogens is 238 g/mol. The van der Waals surface area contributed by atoms with Crippen LogP contribution in [-0.2, 0) is 4.74 Å². The van der Waals surface area contributed by atoms with Gasteiger partial charge in [0.15, 0.2) is 0 Å². The molecule has 2 atom stereocenters. The van der Waals surface area contributed by atoms with Crippen molar-refractivity contribution in [2.75, 3.05) is 25.1 Å². The van der Waals surface area contributed by atoms with E-state index in [1.807, 2.05) is 4.90 Å². The molecule has 2 rings (SSSR count). The highest BCUT2D eigenvalue weighted by Gasteiger charge is 2.30. The Kier molecular flexibility index (Phi) is 3.78. The highest BCUT2D eigenvalue weighted by molar-refractivity contribution is 5.37. The summed E-state index contributed by atoms with van der Waals surface area (Å²) in [7, 11) is 1.67. The van der Waals surface area contributed by atoms with Gasteiger partial charge in [0.2, 0.25) is 5.82 Å². The van der Waals surface area contributed by atoms with Crippen molar-refractivity contribution in [1.82, 2.24) is 15.2 Å². The molecule has 0 radical (unpaired) electrons. The maximum atomic E-state index is 11.7. The van der Waals surface area contributed by atoms with Crippen molar-refractivity contribution in [3.63, 3.8) is 0 Å². The molecule has 0 spiro atoms. The first-order valence-electron chi connectivity index (χ1n) is 5.84. The molecule has 4 N–H and O–H groups in total. The number of piperidine rings is 1. The number of H-pyrrole nitrogens is 2. The van der Waals surface area contributed by atoms with E-state index >= 15 is 0 Å². The fourth-order valence-electron chi connectivity index (χ4n) is 2.27. The molecule has 18 heavy (non-hydrogen) atoms. The number of ether oxygens (including phenoxy) is 1. The van der Waals surface area contributed by atoms with Crippen LogP contribution in [0.4, 0.5) is 5.82 Å². The number of aromatic amines is 2. The molecule has 0 bridgehead atoms. The van der Waals surface area contributed by atoms with Crippen LogP contribution in [0, 0.1) is 0 Å². The van der Waals surface area contributed by atoms with Crippen LogP contribution in [0.1, 0.15) is 12.8 Å². The van der Waals surface area contributed by atoms with Gasteiger partial charge in [0.25, 0.3) is 5.56 Å². The van der Waals surface area contributed by atoms with Crippen LogP contribution in [0.25, 0.3) is 0 Å². The largest absolute Gasteiger partial charge is 0.381 e. The fourth-order valence-corrected chi connectivity index (χ4v) is 2.27. The zero-order valence-corrected chi connectivity index (χ0v) is 10.2. The quantitative estimate of drug-likeness (QED) is 0.599. The standard InChI is InChI=1S/C10H17N5O3/c1-18-7-2-3-15(6(4-7)5-11)8-9(16)12-10(17)14-13-8/h6-7H,2-5,11H2,1H3,(H2,12,14,16,17). The molecule has 1 fully saturated rings. The first-order valence-corrected chi connectivity index (χ1v) is 5.84. The van der Waals surface area contributed by atoms with Gasteiger partial charge < -0.3 is 15.4 Å². The molecule has 1 aromatic rings. The molecule has 0 aliphatic carbocycles. The Morgan fingerprint density at radius 3 is 2.94 bits per heavy atom. The van der Waals surface area contributed by atoms with Crippen molar-refractivity contribution in [3.8, 4) is 0 Å². The lowest BCUT2D eigenvalue weighted by molar-refractivity contribution is 0.0707. The van der Waals surface area contributed by atoms with Crippen LogP contribution >= 0.6 is 0 Å². The van der Waals surface area contributed by atoms with Crippen LogP contribution in [0.3, 0.4) is 0 Å². The molecule has 1 saturated heterocycles.